The summed E-state index contributed by atoms with van der Waals surface area (Å²) in [4.78, 5) is 25.4. The number of piperidine rings is 1. The highest BCUT2D eigenvalue weighted by Gasteiger charge is 2.36. The largest absolute Gasteiger partial charge is 0.333 e. The topological polar surface area (TPSA) is 61.4 Å². The van der Waals surface area contributed by atoms with Crippen LogP contribution in [0.25, 0.3) is 0 Å². The van der Waals surface area contributed by atoms with Crippen LogP contribution in [0.2, 0.25) is 0 Å². The Morgan fingerprint density at radius 3 is 2.78 bits per heavy atom. The van der Waals surface area contributed by atoms with Crippen molar-refractivity contribution in [2.24, 2.45) is 0 Å². The Hall–Kier alpha value is -0.810. The number of hydrogen-bond donors (Lipinski definition) is 2. The van der Waals surface area contributed by atoms with Crippen LogP contribution in [0, 0.1) is 0 Å². The summed E-state index contributed by atoms with van der Waals surface area (Å²) in [5.74, 6) is -0.451. The molecule has 2 aliphatic heterocycles. The second-order valence-electron chi connectivity index (χ2n) is 5.07. The second-order valence-corrected chi connectivity index (χ2v) is 5.73. The van der Waals surface area contributed by atoms with Gasteiger partial charge in [0.15, 0.2) is 0 Å². The number of amides is 3. The monoisotopic (exact) mass is 273 g/mol. The predicted molar refractivity (Wildman–Crippen MR) is 69.6 cm³/mol. The fraction of sp³-hybridized carbons (Fsp3) is 0.833. The van der Waals surface area contributed by atoms with Crippen molar-refractivity contribution in [3.63, 3.8) is 0 Å². The third kappa shape index (κ3) is 3.14. The summed E-state index contributed by atoms with van der Waals surface area (Å²) in [7, 11) is 0. The normalized spacial score (nSPS) is 29.4. The maximum Gasteiger partial charge on any atom is 0.321 e. The van der Waals surface area contributed by atoms with Crippen LogP contribution >= 0.6 is 11.6 Å². The quantitative estimate of drug-likeness (QED) is 0.740. The molecule has 102 valence electrons. The van der Waals surface area contributed by atoms with Crippen LogP contribution in [-0.4, -0.2) is 47.4 Å². The summed E-state index contributed by atoms with van der Waals surface area (Å²) in [5.41, 5.74) is 0. The van der Waals surface area contributed by atoms with Gasteiger partial charge in [-0.25, -0.2) is 4.79 Å². The molecule has 0 aromatic rings. The summed E-state index contributed by atoms with van der Waals surface area (Å²) in [6, 6.07) is 0.168. The Morgan fingerprint density at radius 1 is 1.28 bits per heavy atom. The number of carbonyl (C=O) groups is 2. The molecule has 18 heavy (non-hydrogen) atoms. The van der Waals surface area contributed by atoms with Gasteiger partial charge in [0.25, 0.3) is 0 Å². The van der Waals surface area contributed by atoms with Gasteiger partial charge in [-0.05, 0) is 32.7 Å². The molecule has 2 rings (SSSR count). The first-order valence-electron chi connectivity index (χ1n) is 6.57. The minimum atomic E-state index is -0.689. The molecule has 3 atom stereocenters. The summed E-state index contributed by atoms with van der Waals surface area (Å²) in [5, 5.41) is 4.47. The number of alkyl halides is 1. The van der Waals surface area contributed by atoms with Gasteiger partial charge in [-0.1, -0.05) is 6.42 Å². The van der Waals surface area contributed by atoms with Crippen molar-refractivity contribution in [3.8, 4) is 0 Å². The molecule has 0 radical (unpaired) electrons. The van der Waals surface area contributed by atoms with Crippen LogP contribution in [0.15, 0.2) is 0 Å². The van der Waals surface area contributed by atoms with E-state index in [1.807, 2.05) is 0 Å². The van der Waals surface area contributed by atoms with E-state index in [2.05, 4.69) is 15.5 Å². The standard InChI is InChI=1S/C12H20ClN3O2/c1-8(13)11(17)15-12(18)14-9-5-7-16-6-3-2-4-10(9)16/h8-10H,2-7H2,1H3,(H2,14,15,17,18). The van der Waals surface area contributed by atoms with E-state index >= 15 is 0 Å². The predicted octanol–water partition coefficient (Wildman–Crippen LogP) is 1.07. The lowest BCUT2D eigenvalue weighted by Crippen LogP contribution is -2.51. The first-order chi connectivity index (χ1) is 8.58. The van der Waals surface area contributed by atoms with Crippen molar-refractivity contribution in [3.05, 3.63) is 0 Å². The first kappa shape index (κ1) is 13.6. The number of rotatable bonds is 2. The average molecular weight is 274 g/mol. The second kappa shape index (κ2) is 5.89. The third-order valence-electron chi connectivity index (χ3n) is 3.77. The van der Waals surface area contributed by atoms with E-state index in [1.165, 1.54) is 12.8 Å². The van der Waals surface area contributed by atoms with Gasteiger partial charge in [0.05, 0.1) is 0 Å². The molecule has 0 spiro atoms. The summed E-state index contributed by atoms with van der Waals surface area (Å²) in [6.07, 6.45) is 4.56. The number of halogens is 1. The Labute approximate surface area is 112 Å². The van der Waals surface area contributed by atoms with E-state index in [9.17, 15) is 9.59 Å². The number of fused-ring (bicyclic) bond motifs is 1. The summed E-state index contributed by atoms with van der Waals surface area (Å²) in [6.45, 7) is 3.71. The van der Waals surface area contributed by atoms with E-state index in [0.29, 0.717) is 6.04 Å². The molecule has 0 aromatic carbocycles. The maximum atomic E-state index is 11.7. The Kier molecular flexibility index (Phi) is 4.45. The molecule has 0 aromatic heterocycles. The number of nitrogens with zero attached hydrogens (tertiary/aromatic N) is 1. The van der Waals surface area contributed by atoms with E-state index in [1.54, 1.807) is 6.92 Å². The van der Waals surface area contributed by atoms with Gasteiger partial charge in [-0.15, -0.1) is 11.6 Å². The van der Waals surface area contributed by atoms with Gasteiger partial charge in [-0.2, -0.15) is 0 Å². The van der Waals surface area contributed by atoms with Gasteiger partial charge in [0.2, 0.25) is 5.91 Å². The van der Waals surface area contributed by atoms with E-state index in [-0.39, 0.29) is 6.04 Å². The number of imide groups is 1. The number of hydrogen-bond acceptors (Lipinski definition) is 3. The highest BCUT2D eigenvalue weighted by atomic mass is 35.5. The average Bonchev–Trinajstić information content (AvgIpc) is 2.72. The van der Waals surface area contributed by atoms with E-state index < -0.39 is 17.3 Å². The molecule has 2 heterocycles. The lowest BCUT2D eigenvalue weighted by Gasteiger charge is -2.32. The smallest absolute Gasteiger partial charge is 0.321 e. The van der Waals surface area contributed by atoms with Crippen LogP contribution in [-0.2, 0) is 4.79 Å². The van der Waals surface area contributed by atoms with E-state index in [4.69, 9.17) is 11.6 Å². The van der Waals surface area contributed by atoms with Crippen molar-refractivity contribution < 1.29 is 9.59 Å². The Morgan fingerprint density at radius 2 is 2.06 bits per heavy atom. The minimum absolute atomic E-state index is 0.156. The lowest BCUT2D eigenvalue weighted by atomic mass is 9.99. The first-order valence-corrected chi connectivity index (χ1v) is 7.01. The molecular weight excluding hydrogens is 254 g/mol. The molecule has 0 bridgehead atoms. The molecule has 6 heteroatoms. The van der Waals surface area contributed by atoms with Crippen molar-refractivity contribution in [1.29, 1.82) is 0 Å². The van der Waals surface area contributed by atoms with Crippen molar-refractivity contribution in [1.82, 2.24) is 15.5 Å². The fourth-order valence-electron chi connectivity index (χ4n) is 2.83. The molecule has 2 saturated heterocycles. The highest BCUT2D eigenvalue weighted by Crippen LogP contribution is 2.26. The fourth-order valence-corrected chi connectivity index (χ4v) is 2.89. The zero-order valence-electron chi connectivity index (χ0n) is 10.6. The van der Waals surface area contributed by atoms with Gasteiger partial charge in [0.1, 0.15) is 5.38 Å². The zero-order valence-corrected chi connectivity index (χ0v) is 11.4. The molecule has 5 nitrogen and oxygen atoms in total. The Balaban J connectivity index is 1.82. The lowest BCUT2D eigenvalue weighted by molar-refractivity contribution is -0.119. The molecule has 0 aliphatic carbocycles. The van der Waals surface area contributed by atoms with Crippen molar-refractivity contribution in [2.45, 2.75) is 50.1 Å². The van der Waals surface area contributed by atoms with Gasteiger partial charge >= 0.3 is 6.03 Å². The number of carbonyl (C=O) groups excluding carboxylic acids is 2. The molecule has 2 N–H and O–H groups in total. The third-order valence-corrected chi connectivity index (χ3v) is 3.97. The van der Waals surface area contributed by atoms with Crippen LogP contribution < -0.4 is 10.6 Å². The molecule has 3 amide bonds. The van der Waals surface area contributed by atoms with Crippen LogP contribution in [0.1, 0.15) is 32.6 Å². The van der Waals surface area contributed by atoms with Gasteiger partial charge < -0.3 is 5.32 Å². The van der Waals surface area contributed by atoms with Crippen molar-refractivity contribution >= 4 is 23.5 Å². The van der Waals surface area contributed by atoms with Gasteiger partial charge in [-0.3, -0.25) is 15.0 Å². The summed E-state index contributed by atoms with van der Waals surface area (Å²) >= 11 is 5.60. The van der Waals surface area contributed by atoms with Crippen LogP contribution in [0.5, 0.6) is 0 Å². The zero-order chi connectivity index (χ0) is 13.1. The molecule has 3 unspecified atom stereocenters. The van der Waals surface area contributed by atoms with Crippen molar-refractivity contribution in [2.75, 3.05) is 13.1 Å². The Bertz CT molecular complexity index is 335. The minimum Gasteiger partial charge on any atom is -0.333 e. The highest BCUT2D eigenvalue weighted by molar-refractivity contribution is 6.31. The van der Waals surface area contributed by atoms with Gasteiger partial charge in [0, 0.05) is 18.6 Å². The number of nitrogens with one attached hydrogen (secondary N) is 2. The molecule has 0 saturated carbocycles. The molecule has 2 aliphatic rings. The number of urea groups is 1. The molecule has 2 fully saturated rings. The van der Waals surface area contributed by atoms with Crippen LogP contribution in [0.3, 0.4) is 0 Å². The van der Waals surface area contributed by atoms with E-state index in [0.717, 1.165) is 25.9 Å². The maximum absolute atomic E-state index is 11.7. The van der Waals surface area contributed by atoms with Crippen LogP contribution in [0.4, 0.5) is 4.79 Å². The SMILES string of the molecule is CC(Cl)C(=O)NC(=O)NC1CCN2CCCCC12. The summed E-state index contributed by atoms with van der Waals surface area (Å²) < 4.78 is 0. The molecular formula is C12H20ClN3O2.